The summed E-state index contributed by atoms with van der Waals surface area (Å²) in [4.78, 5) is 0. The molecule has 9 rings (SSSR count). The Balaban J connectivity index is 0.000000145. The van der Waals surface area contributed by atoms with Gasteiger partial charge in [0.25, 0.3) is 0 Å². The molecular formula is C45H54NSiZr. The molecule has 4 fully saturated rings. The van der Waals surface area contributed by atoms with Gasteiger partial charge >= 0.3 is 26.2 Å². The summed E-state index contributed by atoms with van der Waals surface area (Å²) in [7, 11) is 0.271. The summed E-state index contributed by atoms with van der Waals surface area (Å²) in [6.07, 6.45) is 11.2. The molecule has 0 saturated heterocycles. The second kappa shape index (κ2) is 16.9. The van der Waals surface area contributed by atoms with Crippen molar-refractivity contribution in [3.05, 3.63) is 150 Å². The Morgan fingerprint density at radius 1 is 0.604 bits per heavy atom. The fourth-order valence-corrected chi connectivity index (χ4v) is 10.4. The molecule has 1 nitrogen and oxygen atoms in total. The zero-order chi connectivity index (χ0) is 33.5. The molecule has 3 unspecified atom stereocenters. The molecule has 0 aliphatic heterocycles. The van der Waals surface area contributed by atoms with Crippen LogP contribution in [0.4, 0.5) is 0 Å². The predicted octanol–water partition coefficient (Wildman–Crippen LogP) is 10.9. The van der Waals surface area contributed by atoms with Crippen LogP contribution in [0.15, 0.2) is 138 Å². The van der Waals surface area contributed by atoms with Crippen LogP contribution in [0.5, 0.6) is 0 Å². The van der Waals surface area contributed by atoms with Crippen LogP contribution in [-0.2, 0) is 26.2 Å². The van der Waals surface area contributed by atoms with Crippen LogP contribution in [0.1, 0.15) is 80.1 Å². The minimum atomic E-state index is -0.0249. The van der Waals surface area contributed by atoms with Crippen molar-refractivity contribution in [2.45, 2.75) is 85.6 Å². The zero-order valence-electron chi connectivity index (χ0n) is 30.0. The maximum atomic E-state index is 8.46. The van der Waals surface area contributed by atoms with Crippen LogP contribution in [0.3, 0.4) is 0 Å². The van der Waals surface area contributed by atoms with Gasteiger partial charge in [-0.15, -0.1) is 12.5 Å². The molecular weight excluding hydrogens is 674 g/mol. The van der Waals surface area contributed by atoms with Crippen LogP contribution < -0.4 is 10.4 Å². The first-order valence-corrected chi connectivity index (χ1v) is 18.7. The van der Waals surface area contributed by atoms with Gasteiger partial charge in [0.1, 0.15) is 9.52 Å². The van der Waals surface area contributed by atoms with Gasteiger partial charge in [0.2, 0.25) is 0 Å². The van der Waals surface area contributed by atoms with Crippen LogP contribution in [0.25, 0.3) is 16.9 Å². The Morgan fingerprint density at radius 3 is 1.29 bits per heavy atom. The average molecular weight is 728 g/mol. The summed E-state index contributed by atoms with van der Waals surface area (Å²) in [5, 5.41) is 2.90. The first-order valence-electron chi connectivity index (χ1n) is 17.5. The second-order valence-electron chi connectivity index (χ2n) is 15.4. The van der Waals surface area contributed by atoms with Gasteiger partial charge in [-0.25, -0.2) is 5.57 Å². The van der Waals surface area contributed by atoms with Gasteiger partial charge in [-0.2, -0.15) is 11.1 Å². The maximum Gasteiger partial charge on any atom is 2.00 e. The van der Waals surface area contributed by atoms with Gasteiger partial charge in [-0.1, -0.05) is 191 Å². The monoisotopic (exact) mass is 726 g/mol. The number of hydrogen-bond acceptors (Lipinski definition) is 0. The van der Waals surface area contributed by atoms with E-state index in [-0.39, 0.29) is 41.3 Å². The van der Waals surface area contributed by atoms with E-state index in [0.717, 1.165) is 5.92 Å². The molecule has 1 radical (unpaired) electrons. The Kier molecular flexibility index (Phi) is 13.4. The van der Waals surface area contributed by atoms with Crippen molar-refractivity contribution in [1.82, 2.24) is 0 Å². The third-order valence-corrected chi connectivity index (χ3v) is 12.1. The molecule has 48 heavy (non-hydrogen) atoms. The number of rotatable bonds is 3. The molecule has 247 valence electrons. The number of benzene rings is 4. The fraction of sp³-hybridized carbons (Fsp3) is 0.378. The number of allylic oxidation sites excluding steroid dienone is 4. The Morgan fingerprint density at radius 2 is 1.00 bits per heavy atom. The van der Waals surface area contributed by atoms with E-state index < -0.39 is 0 Å². The van der Waals surface area contributed by atoms with Gasteiger partial charge in [0.15, 0.2) is 0 Å². The quantitative estimate of drug-likeness (QED) is 0.148. The van der Waals surface area contributed by atoms with Crippen LogP contribution in [-0.4, -0.2) is 15.1 Å². The normalized spacial score (nSPS) is 27.6. The minimum absolute atomic E-state index is 0. The molecule has 1 N–H and O–H groups in total. The Hall–Kier alpha value is -2.58. The van der Waals surface area contributed by atoms with E-state index >= 15 is 0 Å². The standard InChI is InChI=1S/C12H20N.C12H11Si.C12H10.C9H13.Zr/c1-10-3-9-4-11(2,6-10)8-12(13,5-9)7-10;1-3-7-11(8-4-1)13-12-9-5-2-6-10-12;1-3-7-11(8-4-1)12-9-5-2-6-10-12;1-6-5-7(2)9(4)8(6)3;/h9,13H,3-8H2,1-2H3;1-10,13H;1-10H;6H,1-4H3;/q-1;;;-1;+2. The van der Waals surface area contributed by atoms with E-state index in [0.29, 0.717) is 16.7 Å². The molecule has 0 heterocycles. The summed E-state index contributed by atoms with van der Waals surface area (Å²) in [5.41, 5.74) is 16.3. The molecule has 0 spiro atoms. The molecule has 4 aromatic rings. The first-order chi connectivity index (χ1) is 22.4. The first kappa shape index (κ1) is 38.2. The summed E-state index contributed by atoms with van der Waals surface area (Å²) < 4.78 is 0. The summed E-state index contributed by atoms with van der Waals surface area (Å²) in [5.74, 6) is 1.45. The van der Waals surface area contributed by atoms with Crippen molar-refractivity contribution in [3.63, 3.8) is 0 Å². The molecule has 4 saturated carbocycles. The van der Waals surface area contributed by atoms with Crippen LogP contribution in [0, 0.1) is 28.7 Å². The van der Waals surface area contributed by atoms with Crippen LogP contribution >= 0.6 is 0 Å². The summed E-state index contributed by atoms with van der Waals surface area (Å²) in [6.45, 7) is 13.5. The SMILES string of the molecule is CC12CC3CC(C)(C1)CC([NH-])(C3)C2.CC1=[C-]C(C)C(C)=C1C.[Zr+2].c1ccc(-c2ccccc2)cc1.c1ccc([SiH]c2ccccc2)cc1. The van der Waals surface area contributed by atoms with Gasteiger partial charge in [0, 0.05) is 0 Å². The third kappa shape index (κ3) is 10.5. The van der Waals surface area contributed by atoms with Crippen molar-refractivity contribution in [1.29, 1.82) is 0 Å². The number of hydrogen-bond donors (Lipinski definition) is 0. The fourth-order valence-electron chi connectivity index (χ4n) is 9.16. The van der Waals surface area contributed by atoms with Gasteiger partial charge in [0.05, 0.1) is 0 Å². The molecule has 0 aromatic heterocycles. The third-order valence-electron chi connectivity index (χ3n) is 10.7. The van der Waals surface area contributed by atoms with E-state index in [9.17, 15) is 0 Å². The smallest absolute Gasteiger partial charge is 0.672 e. The summed E-state index contributed by atoms with van der Waals surface area (Å²) in [6, 6.07) is 42.1. The topological polar surface area (TPSA) is 23.8 Å². The molecule has 4 bridgehead atoms. The molecule has 3 heteroatoms. The van der Waals surface area contributed by atoms with Gasteiger partial charge < -0.3 is 5.73 Å². The van der Waals surface area contributed by atoms with E-state index in [4.69, 9.17) is 5.73 Å². The molecule has 4 aromatic carbocycles. The van der Waals surface area contributed by atoms with E-state index in [2.05, 4.69) is 157 Å². The van der Waals surface area contributed by atoms with Gasteiger partial charge in [-0.05, 0) is 47.1 Å². The Bertz CT molecular complexity index is 1500. The minimum Gasteiger partial charge on any atom is -0.672 e. The van der Waals surface area contributed by atoms with Gasteiger partial charge in [-0.3, -0.25) is 6.08 Å². The van der Waals surface area contributed by atoms with E-state index in [1.54, 1.807) is 0 Å². The van der Waals surface area contributed by atoms with Crippen molar-refractivity contribution in [2.75, 3.05) is 0 Å². The van der Waals surface area contributed by atoms with E-state index in [1.165, 1.54) is 76.7 Å². The van der Waals surface area contributed by atoms with Crippen LogP contribution in [0.2, 0.25) is 0 Å². The van der Waals surface area contributed by atoms with E-state index in [1.807, 2.05) is 12.1 Å². The molecule has 0 amide bonds. The average Bonchev–Trinajstić information content (AvgIpc) is 3.26. The molecule has 5 aliphatic carbocycles. The van der Waals surface area contributed by atoms with Crippen molar-refractivity contribution in [2.24, 2.45) is 22.7 Å². The maximum absolute atomic E-state index is 8.46. The van der Waals surface area contributed by atoms with Crippen molar-refractivity contribution >= 4 is 19.9 Å². The van der Waals surface area contributed by atoms with Crippen molar-refractivity contribution in [3.8, 4) is 11.1 Å². The molecule has 3 atom stereocenters. The zero-order valence-corrected chi connectivity index (χ0v) is 33.6. The molecule has 5 aliphatic rings. The summed E-state index contributed by atoms with van der Waals surface area (Å²) >= 11 is 0. The second-order valence-corrected chi connectivity index (χ2v) is 17.0. The Labute approximate surface area is 313 Å². The predicted molar refractivity (Wildman–Crippen MR) is 206 cm³/mol. The largest absolute Gasteiger partial charge is 2.00 e. The van der Waals surface area contributed by atoms with Crippen molar-refractivity contribution < 1.29 is 26.2 Å². The number of nitrogens with one attached hydrogen (secondary N) is 1.